The number of carbonyl (C=O) groups is 1. The van der Waals surface area contributed by atoms with E-state index in [4.69, 9.17) is 10.5 Å². The second-order valence-corrected chi connectivity index (χ2v) is 17.3. The number of ether oxygens (including phenoxy) is 1. The molecule has 6 aliphatic carbocycles. The van der Waals surface area contributed by atoms with Crippen molar-refractivity contribution in [2.24, 2.45) is 62.4 Å². The van der Waals surface area contributed by atoms with Crippen molar-refractivity contribution >= 4 is 11.5 Å². The smallest absolute Gasteiger partial charge is 0.337 e. The zero-order chi connectivity index (χ0) is 29.2. The number of allylic oxidation sites excluding steroid dienone is 2. The lowest BCUT2D eigenvalue weighted by atomic mass is 9.33. The fraction of sp³-hybridized carbons (Fsp3) is 0.763. The molecule has 1 aromatic carbocycles. The molecule has 1 aromatic rings. The molecule has 6 aliphatic rings. The molecule has 0 heterocycles. The molecule has 224 valence electrons. The SMILES string of the molecule is COC(=O)c1ccc(C2=CC[C@@]3(C)C(CC[C@]4(C)[C@@H]3CC[C@@H]3[C@H]5[C@H](C6(C)CC6)CC[C@]5(N)CC[C@]34C)C2(C)C)cc1. The molecule has 2 N–H and O–H groups in total. The van der Waals surface area contributed by atoms with Crippen LogP contribution in [0.25, 0.3) is 5.57 Å². The van der Waals surface area contributed by atoms with Gasteiger partial charge in [0.15, 0.2) is 0 Å². The number of methoxy groups -OCH3 is 1. The van der Waals surface area contributed by atoms with Crippen molar-refractivity contribution in [3.05, 3.63) is 41.5 Å². The standard InChI is InChI=1S/C38H55NO2/c1-33(2)26(24-8-10-25(11-9-24)32(40)41-7)14-17-35(4)29(33)16-18-37(6)30(35)13-12-28-31-27(34(3)20-21-34)15-19-38(31,39)23-22-36(28,37)5/h8-11,14,27-31H,12-13,15-23,39H2,1-7H3/t27-,28-,29?,30-,31-,35+,36-,37-,38+/m1/s1. The fourth-order valence-corrected chi connectivity index (χ4v) is 13.0. The van der Waals surface area contributed by atoms with E-state index in [1.807, 2.05) is 12.1 Å². The molecular formula is C38H55NO2. The Kier molecular flexibility index (Phi) is 6.00. The van der Waals surface area contributed by atoms with Crippen molar-refractivity contribution in [1.82, 2.24) is 0 Å². The molecule has 0 saturated heterocycles. The Morgan fingerprint density at radius 3 is 2.15 bits per heavy atom. The Hall–Kier alpha value is -1.61. The topological polar surface area (TPSA) is 52.3 Å². The summed E-state index contributed by atoms with van der Waals surface area (Å²) in [5.41, 5.74) is 12.6. The van der Waals surface area contributed by atoms with E-state index in [-0.39, 0.29) is 16.9 Å². The first kappa shape index (κ1) is 28.2. The van der Waals surface area contributed by atoms with E-state index >= 15 is 0 Å². The number of hydrogen-bond donors (Lipinski definition) is 1. The van der Waals surface area contributed by atoms with Crippen molar-refractivity contribution in [1.29, 1.82) is 0 Å². The van der Waals surface area contributed by atoms with Crippen LogP contribution in [0.2, 0.25) is 0 Å². The molecular weight excluding hydrogens is 502 g/mol. The van der Waals surface area contributed by atoms with Crippen molar-refractivity contribution in [2.75, 3.05) is 7.11 Å². The van der Waals surface area contributed by atoms with Crippen LogP contribution < -0.4 is 5.73 Å². The number of carbonyl (C=O) groups excluding carboxylic acids is 1. The maximum Gasteiger partial charge on any atom is 0.337 e. The molecule has 0 amide bonds. The van der Waals surface area contributed by atoms with Crippen LogP contribution in [-0.4, -0.2) is 18.6 Å². The van der Waals surface area contributed by atoms with E-state index in [9.17, 15) is 4.79 Å². The minimum Gasteiger partial charge on any atom is -0.465 e. The highest BCUT2D eigenvalue weighted by Gasteiger charge is 2.71. The summed E-state index contributed by atoms with van der Waals surface area (Å²) in [6.45, 7) is 15.8. The van der Waals surface area contributed by atoms with Crippen molar-refractivity contribution in [3.8, 4) is 0 Å². The minimum absolute atomic E-state index is 0.0922. The number of fused-ring (bicyclic) bond motifs is 7. The highest BCUT2D eigenvalue weighted by molar-refractivity contribution is 5.89. The lowest BCUT2D eigenvalue weighted by Crippen LogP contribution is -2.67. The second-order valence-electron chi connectivity index (χ2n) is 17.3. The van der Waals surface area contributed by atoms with Gasteiger partial charge in [-0.2, -0.15) is 0 Å². The summed E-state index contributed by atoms with van der Waals surface area (Å²) < 4.78 is 4.95. The van der Waals surface area contributed by atoms with Crippen LogP contribution in [0.5, 0.6) is 0 Å². The van der Waals surface area contributed by atoms with E-state index in [0.29, 0.717) is 33.1 Å². The summed E-state index contributed by atoms with van der Waals surface area (Å²) >= 11 is 0. The number of nitrogens with two attached hydrogens (primary N) is 1. The zero-order valence-corrected chi connectivity index (χ0v) is 26.9. The third kappa shape index (κ3) is 3.63. The van der Waals surface area contributed by atoms with Crippen molar-refractivity contribution in [2.45, 2.75) is 118 Å². The number of benzene rings is 1. The van der Waals surface area contributed by atoms with Gasteiger partial charge in [-0.3, -0.25) is 0 Å². The van der Waals surface area contributed by atoms with Gasteiger partial charge in [-0.25, -0.2) is 4.79 Å². The highest BCUT2D eigenvalue weighted by Crippen LogP contribution is 2.77. The molecule has 5 saturated carbocycles. The Morgan fingerprint density at radius 2 is 1.49 bits per heavy atom. The van der Waals surface area contributed by atoms with Gasteiger partial charge in [-0.05, 0) is 151 Å². The van der Waals surface area contributed by atoms with Crippen LogP contribution >= 0.6 is 0 Å². The third-order valence-corrected chi connectivity index (χ3v) is 15.6. The Labute approximate surface area is 249 Å². The number of hydrogen-bond acceptors (Lipinski definition) is 3. The van der Waals surface area contributed by atoms with E-state index in [1.165, 1.54) is 88.9 Å². The van der Waals surface area contributed by atoms with Gasteiger partial charge in [0.05, 0.1) is 12.7 Å². The molecule has 3 heteroatoms. The Balaban J connectivity index is 1.22. The normalized spacial score (nSPS) is 47.2. The first-order valence-electron chi connectivity index (χ1n) is 16.9. The Morgan fingerprint density at radius 1 is 0.780 bits per heavy atom. The van der Waals surface area contributed by atoms with Crippen LogP contribution in [0.3, 0.4) is 0 Å². The lowest BCUT2D eigenvalue weighted by Gasteiger charge is -2.72. The van der Waals surface area contributed by atoms with Gasteiger partial charge in [-0.1, -0.05) is 59.8 Å². The van der Waals surface area contributed by atoms with Crippen LogP contribution in [0.15, 0.2) is 30.3 Å². The van der Waals surface area contributed by atoms with Crippen LogP contribution in [0, 0.1) is 56.7 Å². The Bertz CT molecular complexity index is 1270. The molecule has 3 nitrogen and oxygen atoms in total. The quantitative estimate of drug-likeness (QED) is 0.377. The molecule has 5 fully saturated rings. The van der Waals surface area contributed by atoms with Gasteiger partial charge >= 0.3 is 5.97 Å². The first-order chi connectivity index (χ1) is 19.2. The van der Waals surface area contributed by atoms with E-state index in [1.54, 1.807) is 0 Å². The molecule has 9 atom stereocenters. The zero-order valence-electron chi connectivity index (χ0n) is 26.9. The largest absolute Gasteiger partial charge is 0.465 e. The summed E-state index contributed by atoms with van der Waals surface area (Å²) in [4.78, 5) is 12.1. The monoisotopic (exact) mass is 557 g/mol. The summed E-state index contributed by atoms with van der Waals surface area (Å²) in [6, 6.07) is 8.15. The number of esters is 1. The molecule has 0 bridgehead atoms. The van der Waals surface area contributed by atoms with Crippen molar-refractivity contribution in [3.63, 3.8) is 0 Å². The van der Waals surface area contributed by atoms with E-state index in [2.05, 4.69) is 59.8 Å². The first-order valence-corrected chi connectivity index (χ1v) is 16.9. The maximum absolute atomic E-state index is 12.1. The lowest BCUT2D eigenvalue weighted by molar-refractivity contribution is -0.219. The third-order valence-electron chi connectivity index (χ3n) is 15.6. The van der Waals surface area contributed by atoms with Gasteiger partial charge in [-0.15, -0.1) is 0 Å². The summed E-state index contributed by atoms with van der Waals surface area (Å²) in [5.74, 6) is 3.55. The second kappa shape index (κ2) is 8.73. The average molecular weight is 558 g/mol. The predicted molar refractivity (Wildman–Crippen MR) is 167 cm³/mol. The molecule has 0 aliphatic heterocycles. The average Bonchev–Trinajstić information content (AvgIpc) is 3.57. The van der Waals surface area contributed by atoms with Crippen molar-refractivity contribution < 1.29 is 9.53 Å². The predicted octanol–water partition coefficient (Wildman–Crippen LogP) is 9.06. The van der Waals surface area contributed by atoms with Gasteiger partial charge in [0.1, 0.15) is 0 Å². The summed E-state index contributed by atoms with van der Waals surface area (Å²) in [5, 5.41) is 0. The van der Waals surface area contributed by atoms with Crippen LogP contribution in [-0.2, 0) is 4.74 Å². The maximum atomic E-state index is 12.1. The molecule has 41 heavy (non-hydrogen) atoms. The fourth-order valence-electron chi connectivity index (χ4n) is 13.0. The summed E-state index contributed by atoms with van der Waals surface area (Å²) in [7, 11) is 1.45. The van der Waals surface area contributed by atoms with E-state index < -0.39 is 0 Å². The molecule has 1 unspecified atom stereocenters. The van der Waals surface area contributed by atoms with Gasteiger partial charge in [0.2, 0.25) is 0 Å². The van der Waals surface area contributed by atoms with Crippen LogP contribution in [0.4, 0.5) is 0 Å². The van der Waals surface area contributed by atoms with Crippen LogP contribution in [0.1, 0.15) is 128 Å². The van der Waals surface area contributed by atoms with Gasteiger partial charge < -0.3 is 10.5 Å². The molecule has 0 aromatic heterocycles. The van der Waals surface area contributed by atoms with Gasteiger partial charge in [0.25, 0.3) is 0 Å². The number of rotatable bonds is 3. The summed E-state index contributed by atoms with van der Waals surface area (Å²) in [6.07, 6.45) is 17.3. The molecule has 0 radical (unpaired) electrons. The highest BCUT2D eigenvalue weighted by atomic mass is 16.5. The van der Waals surface area contributed by atoms with Gasteiger partial charge in [0, 0.05) is 5.54 Å². The molecule has 7 rings (SSSR count). The molecule has 0 spiro atoms. The van der Waals surface area contributed by atoms with E-state index in [0.717, 1.165) is 23.7 Å². The minimum atomic E-state index is -0.263.